The average molecular weight is 460 g/mol. The van der Waals surface area contributed by atoms with Gasteiger partial charge in [0.05, 0.1) is 12.0 Å². The molecular weight excluding hydrogens is 418 g/mol. The molecule has 2 bridgehead atoms. The van der Waals surface area contributed by atoms with Gasteiger partial charge in [-0.3, -0.25) is 14.6 Å². The fraction of sp³-hybridized carbons (Fsp3) is 0.567. The third-order valence-corrected chi connectivity index (χ3v) is 8.39. The predicted octanol–water partition coefficient (Wildman–Crippen LogP) is 5.28. The summed E-state index contributed by atoms with van der Waals surface area (Å²) in [6.45, 7) is 11.3. The minimum atomic E-state index is 0.00623. The monoisotopic (exact) mass is 459 g/mol. The first-order valence-corrected chi connectivity index (χ1v) is 13.5. The average Bonchev–Trinajstić information content (AvgIpc) is 3.36. The lowest BCUT2D eigenvalue weighted by molar-refractivity contribution is -0.132. The Morgan fingerprint density at radius 2 is 1.94 bits per heavy atom. The molecule has 5 rings (SSSR count). The van der Waals surface area contributed by atoms with E-state index in [1.807, 2.05) is 0 Å². The van der Waals surface area contributed by atoms with E-state index in [4.69, 9.17) is 0 Å². The number of aryl methyl sites for hydroxylation is 1. The number of amides is 1. The zero-order valence-corrected chi connectivity index (χ0v) is 20.9. The van der Waals surface area contributed by atoms with Crippen molar-refractivity contribution >= 4 is 5.91 Å². The van der Waals surface area contributed by atoms with Crippen LogP contribution in [-0.2, 0) is 4.79 Å². The molecule has 3 heterocycles. The van der Waals surface area contributed by atoms with Gasteiger partial charge in [-0.25, -0.2) is 0 Å². The number of nitrogens with zero attached hydrogens (tertiary/aromatic N) is 3. The lowest BCUT2D eigenvalue weighted by atomic mass is 9.84. The van der Waals surface area contributed by atoms with Gasteiger partial charge in [-0.05, 0) is 56.6 Å². The van der Waals surface area contributed by atoms with Crippen LogP contribution in [0.15, 0.2) is 60.7 Å². The van der Waals surface area contributed by atoms with Crippen LogP contribution in [0.2, 0.25) is 0 Å². The molecule has 4 nitrogen and oxygen atoms in total. The minimum absolute atomic E-state index is 0.00623. The van der Waals surface area contributed by atoms with Crippen LogP contribution < -0.4 is 0 Å². The number of hydrogen-bond donors (Lipinski definition) is 0. The fourth-order valence-corrected chi connectivity index (χ4v) is 6.73. The number of fused-ring (bicyclic) bond motifs is 2. The van der Waals surface area contributed by atoms with Gasteiger partial charge in [0.1, 0.15) is 0 Å². The summed E-state index contributed by atoms with van der Waals surface area (Å²) in [4.78, 5) is 20.5. The van der Waals surface area contributed by atoms with Crippen molar-refractivity contribution in [3.8, 4) is 0 Å². The fourth-order valence-electron chi connectivity index (χ4n) is 6.73. The topological polar surface area (TPSA) is 26.8 Å². The van der Waals surface area contributed by atoms with Crippen molar-refractivity contribution in [2.24, 2.45) is 5.92 Å². The molecule has 1 amide bonds. The number of likely N-dealkylation sites (tertiary alicyclic amines) is 1. The van der Waals surface area contributed by atoms with Crippen molar-refractivity contribution < 1.29 is 4.79 Å². The maximum atomic E-state index is 13.0. The second kappa shape index (κ2) is 10.6. The Morgan fingerprint density at radius 1 is 1.12 bits per heavy atom. The van der Waals surface area contributed by atoms with Crippen LogP contribution in [0.5, 0.6) is 0 Å². The van der Waals surface area contributed by atoms with E-state index < -0.39 is 0 Å². The van der Waals surface area contributed by atoms with Crippen LogP contribution in [0, 0.1) is 12.8 Å². The van der Waals surface area contributed by atoms with Gasteiger partial charge in [0.2, 0.25) is 5.91 Å². The van der Waals surface area contributed by atoms with E-state index in [9.17, 15) is 4.79 Å². The van der Waals surface area contributed by atoms with Gasteiger partial charge in [-0.15, -0.1) is 6.58 Å². The summed E-state index contributed by atoms with van der Waals surface area (Å²) in [6, 6.07) is 10.5. The van der Waals surface area contributed by atoms with Gasteiger partial charge in [-0.1, -0.05) is 60.6 Å². The van der Waals surface area contributed by atoms with Crippen LogP contribution >= 0.6 is 0 Å². The number of rotatable bonds is 6. The number of piperidine rings is 1. The van der Waals surface area contributed by atoms with Gasteiger partial charge in [0, 0.05) is 44.8 Å². The third-order valence-electron chi connectivity index (χ3n) is 8.39. The lowest BCUT2D eigenvalue weighted by Crippen LogP contribution is -2.50. The molecule has 182 valence electrons. The smallest absolute Gasteiger partial charge is 0.229 e. The molecular formula is C30H41N3O. The highest BCUT2D eigenvalue weighted by Crippen LogP contribution is 2.42. The number of allylic oxidation sites excluding steroid dienone is 1. The SMILES string of the molecule is C=CCN1CCC2CCCC(C1)N2C(C1=CCC(C(=O)N2CCCC2)C=C1)c1cccc(C)c1. The summed E-state index contributed by atoms with van der Waals surface area (Å²) in [7, 11) is 0. The third kappa shape index (κ3) is 4.94. The van der Waals surface area contributed by atoms with Crippen LogP contribution in [-0.4, -0.2) is 65.4 Å². The molecule has 4 atom stereocenters. The summed E-state index contributed by atoms with van der Waals surface area (Å²) in [5, 5.41) is 0. The molecule has 0 saturated carbocycles. The van der Waals surface area contributed by atoms with Gasteiger partial charge < -0.3 is 4.90 Å². The summed E-state index contributed by atoms with van der Waals surface area (Å²) in [5.74, 6) is 0.328. The Morgan fingerprint density at radius 3 is 2.68 bits per heavy atom. The van der Waals surface area contributed by atoms with Crippen LogP contribution in [0.25, 0.3) is 0 Å². The van der Waals surface area contributed by atoms with E-state index in [0.717, 1.165) is 52.0 Å². The summed E-state index contributed by atoms with van der Waals surface area (Å²) in [6.07, 6.45) is 17.2. The predicted molar refractivity (Wildman–Crippen MR) is 140 cm³/mol. The van der Waals surface area contributed by atoms with E-state index in [0.29, 0.717) is 18.0 Å². The first-order valence-electron chi connectivity index (χ1n) is 13.5. The normalized spacial score (nSPS) is 28.9. The van der Waals surface area contributed by atoms with E-state index in [-0.39, 0.29) is 12.0 Å². The summed E-state index contributed by atoms with van der Waals surface area (Å²) >= 11 is 0. The zero-order chi connectivity index (χ0) is 23.5. The molecule has 0 spiro atoms. The highest BCUT2D eigenvalue weighted by Gasteiger charge is 2.40. The molecule has 0 radical (unpaired) electrons. The number of hydrogen-bond acceptors (Lipinski definition) is 3. The van der Waals surface area contributed by atoms with Crippen molar-refractivity contribution in [2.75, 3.05) is 32.7 Å². The van der Waals surface area contributed by atoms with Gasteiger partial charge >= 0.3 is 0 Å². The second-order valence-corrected chi connectivity index (χ2v) is 10.8. The lowest BCUT2D eigenvalue weighted by Gasteiger charge is -2.46. The van der Waals surface area contributed by atoms with Crippen molar-refractivity contribution in [1.82, 2.24) is 14.7 Å². The quantitative estimate of drug-likeness (QED) is 0.542. The maximum absolute atomic E-state index is 13.0. The second-order valence-electron chi connectivity index (χ2n) is 10.8. The first-order chi connectivity index (χ1) is 16.6. The Labute approximate surface area is 206 Å². The van der Waals surface area contributed by atoms with Gasteiger partial charge in [-0.2, -0.15) is 0 Å². The number of benzene rings is 1. The van der Waals surface area contributed by atoms with E-state index >= 15 is 0 Å². The van der Waals surface area contributed by atoms with Crippen molar-refractivity contribution in [3.63, 3.8) is 0 Å². The molecule has 1 aliphatic carbocycles. The van der Waals surface area contributed by atoms with Crippen molar-refractivity contribution in [1.29, 1.82) is 0 Å². The summed E-state index contributed by atoms with van der Waals surface area (Å²) < 4.78 is 0. The molecule has 1 aromatic rings. The largest absolute Gasteiger partial charge is 0.342 e. The van der Waals surface area contributed by atoms with Crippen LogP contribution in [0.4, 0.5) is 0 Å². The Hall–Kier alpha value is -2.17. The molecule has 0 aromatic heterocycles. The Bertz CT molecular complexity index is 944. The molecule has 4 unspecified atom stereocenters. The van der Waals surface area contributed by atoms with Crippen molar-refractivity contribution in [2.45, 2.75) is 70.0 Å². The zero-order valence-electron chi connectivity index (χ0n) is 20.9. The van der Waals surface area contributed by atoms with Crippen LogP contribution in [0.1, 0.15) is 62.1 Å². The summed E-state index contributed by atoms with van der Waals surface area (Å²) in [5.41, 5.74) is 4.10. The molecule has 3 saturated heterocycles. The highest BCUT2D eigenvalue weighted by molar-refractivity contribution is 5.81. The standard InChI is InChI=1S/C30H41N3O/c1-3-17-31-20-16-27-10-7-11-28(22-31)33(27)29(26-9-6-8-23(2)21-26)24-12-14-25(15-13-24)30(34)32-18-4-5-19-32/h3,6,8-9,12-14,21,25,27-29H,1,4-5,7,10-11,15-20,22H2,2H3. The molecule has 4 heteroatoms. The van der Waals surface area contributed by atoms with E-state index in [1.54, 1.807) is 0 Å². The van der Waals surface area contributed by atoms with E-state index in [2.05, 4.69) is 76.8 Å². The highest BCUT2D eigenvalue weighted by atomic mass is 16.2. The van der Waals surface area contributed by atoms with Gasteiger partial charge in [0.25, 0.3) is 0 Å². The number of carbonyl (C=O) groups excluding carboxylic acids is 1. The van der Waals surface area contributed by atoms with Crippen LogP contribution in [0.3, 0.4) is 0 Å². The minimum Gasteiger partial charge on any atom is -0.342 e. The molecule has 1 aromatic carbocycles. The van der Waals surface area contributed by atoms with Gasteiger partial charge in [0.15, 0.2) is 0 Å². The first kappa shape index (κ1) is 23.6. The Kier molecular flexibility index (Phi) is 7.36. The molecule has 4 aliphatic rings. The van der Waals surface area contributed by atoms with E-state index in [1.165, 1.54) is 42.4 Å². The Balaban J connectivity index is 1.44. The molecule has 3 fully saturated rings. The molecule has 0 N–H and O–H groups in total. The molecule has 3 aliphatic heterocycles. The molecule has 34 heavy (non-hydrogen) atoms. The van der Waals surface area contributed by atoms with Crippen molar-refractivity contribution in [3.05, 3.63) is 71.8 Å². The maximum Gasteiger partial charge on any atom is 0.229 e. The number of carbonyl (C=O) groups is 1.